The summed E-state index contributed by atoms with van der Waals surface area (Å²) in [5.74, 6) is 0. The SMILES string of the molecule is Cc1nn(C)c(C)c1CNC1CCc2cc(Cl)ccc21. The van der Waals surface area contributed by atoms with E-state index in [1.54, 1.807) is 0 Å². The van der Waals surface area contributed by atoms with Gasteiger partial charge in [-0.1, -0.05) is 17.7 Å². The van der Waals surface area contributed by atoms with Gasteiger partial charge < -0.3 is 5.32 Å². The molecule has 20 heavy (non-hydrogen) atoms. The number of nitrogens with zero attached hydrogens (tertiary/aromatic N) is 2. The zero-order valence-electron chi connectivity index (χ0n) is 12.2. The fourth-order valence-electron chi connectivity index (χ4n) is 3.10. The van der Waals surface area contributed by atoms with Crippen molar-refractivity contribution in [3.8, 4) is 0 Å². The van der Waals surface area contributed by atoms with Crippen LogP contribution < -0.4 is 5.32 Å². The molecule has 1 aromatic heterocycles. The Kier molecular flexibility index (Phi) is 3.57. The molecule has 1 aliphatic carbocycles. The molecule has 0 aliphatic heterocycles. The molecule has 1 atom stereocenters. The Morgan fingerprint density at radius 2 is 2.20 bits per heavy atom. The van der Waals surface area contributed by atoms with E-state index in [9.17, 15) is 0 Å². The minimum Gasteiger partial charge on any atom is -0.306 e. The normalized spacial score (nSPS) is 17.5. The molecule has 1 aromatic carbocycles. The largest absolute Gasteiger partial charge is 0.306 e. The van der Waals surface area contributed by atoms with E-state index in [0.29, 0.717) is 6.04 Å². The third kappa shape index (κ3) is 2.36. The van der Waals surface area contributed by atoms with E-state index in [0.717, 1.165) is 30.1 Å². The van der Waals surface area contributed by atoms with Crippen LogP contribution in [0.25, 0.3) is 0 Å². The highest BCUT2D eigenvalue weighted by atomic mass is 35.5. The molecule has 3 rings (SSSR count). The summed E-state index contributed by atoms with van der Waals surface area (Å²) in [4.78, 5) is 0. The molecule has 0 spiro atoms. The lowest BCUT2D eigenvalue weighted by Crippen LogP contribution is -2.19. The van der Waals surface area contributed by atoms with Crippen LogP contribution in [0.5, 0.6) is 0 Å². The van der Waals surface area contributed by atoms with Gasteiger partial charge in [-0.3, -0.25) is 4.68 Å². The summed E-state index contributed by atoms with van der Waals surface area (Å²) in [5.41, 5.74) is 6.45. The molecule has 1 aliphatic rings. The standard InChI is InChI=1S/C16H20ClN3/c1-10-15(11(2)20(3)19-10)9-18-16-7-4-12-8-13(17)5-6-14(12)16/h5-6,8,16,18H,4,7,9H2,1-3H3. The molecular weight excluding hydrogens is 270 g/mol. The zero-order chi connectivity index (χ0) is 14.3. The van der Waals surface area contributed by atoms with E-state index in [-0.39, 0.29) is 0 Å². The van der Waals surface area contributed by atoms with Crippen LogP contribution in [0, 0.1) is 13.8 Å². The zero-order valence-corrected chi connectivity index (χ0v) is 13.0. The molecule has 4 heteroatoms. The molecule has 1 heterocycles. The van der Waals surface area contributed by atoms with Crippen molar-refractivity contribution in [3.63, 3.8) is 0 Å². The number of rotatable bonds is 3. The Labute approximate surface area is 124 Å². The minimum atomic E-state index is 0.432. The third-order valence-corrected chi connectivity index (χ3v) is 4.60. The molecule has 0 fully saturated rings. The topological polar surface area (TPSA) is 29.9 Å². The first kappa shape index (κ1) is 13.7. The highest BCUT2D eigenvalue weighted by Gasteiger charge is 2.22. The van der Waals surface area contributed by atoms with Gasteiger partial charge in [0.2, 0.25) is 0 Å². The Balaban J connectivity index is 1.75. The molecule has 1 unspecified atom stereocenters. The average Bonchev–Trinajstić information content (AvgIpc) is 2.90. The predicted molar refractivity (Wildman–Crippen MR) is 82.0 cm³/mol. The number of fused-ring (bicyclic) bond motifs is 1. The van der Waals surface area contributed by atoms with Crippen molar-refractivity contribution in [1.29, 1.82) is 0 Å². The van der Waals surface area contributed by atoms with Crippen molar-refractivity contribution in [2.75, 3.05) is 0 Å². The van der Waals surface area contributed by atoms with E-state index >= 15 is 0 Å². The number of aromatic nitrogens is 2. The van der Waals surface area contributed by atoms with Crippen LogP contribution in [0.15, 0.2) is 18.2 Å². The van der Waals surface area contributed by atoms with Gasteiger partial charge in [0.1, 0.15) is 0 Å². The van der Waals surface area contributed by atoms with Gasteiger partial charge in [0.25, 0.3) is 0 Å². The number of aryl methyl sites for hydroxylation is 3. The van der Waals surface area contributed by atoms with Crippen molar-refractivity contribution in [3.05, 3.63) is 51.3 Å². The second kappa shape index (κ2) is 5.23. The van der Waals surface area contributed by atoms with Crippen LogP contribution >= 0.6 is 11.6 Å². The average molecular weight is 290 g/mol. The summed E-state index contributed by atoms with van der Waals surface area (Å²) in [6, 6.07) is 6.67. The second-order valence-corrected chi connectivity index (χ2v) is 6.02. The number of hydrogen-bond donors (Lipinski definition) is 1. The summed E-state index contributed by atoms with van der Waals surface area (Å²) in [6.07, 6.45) is 2.26. The quantitative estimate of drug-likeness (QED) is 0.938. The van der Waals surface area contributed by atoms with Gasteiger partial charge in [0.05, 0.1) is 5.69 Å². The molecule has 3 nitrogen and oxygen atoms in total. The van der Waals surface area contributed by atoms with Crippen LogP contribution in [0.4, 0.5) is 0 Å². The fourth-order valence-corrected chi connectivity index (χ4v) is 3.29. The molecule has 106 valence electrons. The molecule has 0 bridgehead atoms. The van der Waals surface area contributed by atoms with Crippen molar-refractivity contribution in [2.24, 2.45) is 7.05 Å². The summed E-state index contributed by atoms with van der Waals surface area (Å²) in [6.45, 7) is 5.07. The van der Waals surface area contributed by atoms with E-state index in [4.69, 9.17) is 11.6 Å². The Hall–Kier alpha value is -1.32. The molecule has 0 radical (unpaired) electrons. The predicted octanol–water partition coefficient (Wildman–Crippen LogP) is 3.47. The van der Waals surface area contributed by atoms with Crippen LogP contribution in [-0.4, -0.2) is 9.78 Å². The van der Waals surface area contributed by atoms with Gasteiger partial charge in [-0.05, 0) is 49.9 Å². The second-order valence-electron chi connectivity index (χ2n) is 5.59. The molecule has 0 amide bonds. The number of benzene rings is 1. The van der Waals surface area contributed by atoms with Crippen LogP contribution in [-0.2, 0) is 20.0 Å². The first-order valence-corrected chi connectivity index (χ1v) is 7.45. The van der Waals surface area contributed by atoms with Crippen molar-refractivity contribution >= 4 is 11.6 Å². The lowest BCUT2D eigenvalue weighted by molar-refractivity contribution is 0.528. The Morgan fingerprint density at radius 3 is 2.90 bits per heavy atom. The van der Waals surface area contributed by atoms with Crippen LogP contribution in [0.3, 0.4) is 0 Å². The van der Waals surface area contributed by atoms with Gasteiger partial charge in [-0.15, -0.1) is 0 Å². The summed E-state index contributed by atoms with van der Waals surface area (Å²) >= 11 is 6.06. The third-order valence-electron chi connectivity index (χ3n) is 4.37. The summed E-state index contributed by atoms with van der Waals surface area (Å²) in [7, 11) is 2.00. The molecular formula is C16H20ClN3. The molecule has 0 saturated heterocycles. The van der Waals surface area contributed by atoms with Crippen molar-refractivity contribution < 1.29 is 0 Å². The first-order chi connectivity index (χ1) is 9.56. The molecule has 0 saturated carbocycles. The smallest absolute Gasteiger partial charge is 0.0641 e. The van der Waals surface area contributed by atoms with E-state index in [1.165, 1.54) is 22.4 Å². The van der Waals surface area contributed by atoms with Crippen LogP contribution in [0.1, 0.15) is 40.5 Å². The maximum Gasteiger partial charge on any atom is 0.0641 e. The fraction of sp³-hybridized carbons (Fsp3) is 0.438. The van der Waals surface area contributed by atoms with Crippen LogP contribution in [0.2, 0.25) is 5.02 Å². The highest BCUT2D eigenvalue weighted by molar-refractivity contribution is 6.30. The van der Waals surface area contributed by atoms with Crippen molar-refractivity contribution in [1.82, 2.24) is 15.1 Å². The number of halogens is 1. The summed E-state index contributed by atoms with van der Waals surface area (Å²) in [5, 5.41) is 8.98. The summed E-state index contributed by atoms with van der Waals surface area (Å²) < 4.78 is 1.95. The van der Waals surface area contributed by atoms with E-state index < -0.39 is 0 Å². The highest BCUT2D eigenvalue weighted by Crippen LogP contribution is 2.33. The maximum absolute atomic E-state index is 6.06. The maximum atomic E-state index is 6.06. The van der Waals surface area contributed by atoms with Gasteiger partial charge in [-0.25, -0.2) is 0 Å². The lowest BCUT2D eigenvalue weighted by atomic mass is 10.1. The number of nitrogens with one attached hydrogen (secondary N) is 1. The monoisotopic (exact) mass is 289 g/mol. The number of hydrogen-bond acceptors (Lipinski definition) is 2. The molecule has 2 aromatic rings. The van der Waals surface area contributed by atoms with E-state index in [2.05, 4.69) is 36.4 Å². The van der Waals surface area contributed by atoms with Gasteiger partial charge >= 0.3 is 0 Å². The van der Waals surface area contributed by atoms with E-state index in [1.807, 2.05) is 17.8 Å². The Morgan fingerprint density at radius 1 is 1.40 bits per heavy atom. The Bertz CT molecular complexity index is 645. The van der Waals surface area contributed by atoms with Gasteiger partial charge in [0, 0.05) is 35.9 Å². The van der Waals surface area contributed by atoms with Gasteiger partial charge in [-0.2, -0.15) is 5.10 Å². The lowest BCUT2D eigenvalue weighted by Gasteiger charge is -2.14. The van der Waals surface area contributed by atoms with Gasteiger partial charge in [0.15, 0.2) is 0 Å². The minimum absolute atomic E-state index is 0.432. The van der Waals surface area contributed by atoms with Crippen molar-refractivity contribution in [2.45, 2.75) is 39.3 Å². The molecule has 1 N–H and O–H groups in total. The first-order valence-electron chi connectivity index (χ1n) is 7.07.